The van der Waals surface area contributed by atoms with Crippen LogP contribution >= 0.6 is 0 Å². The number of halogens is 4. The summed E-state index contributed by atoms with van der Waals surface area (Å²) in [6.07, 6.45) is -4.69. The Balaban J connectivity index is 1.59. The summed E-state index contributed by atoms with van der Waals surface area (Å²) < 4.78 is 66.5. The zero-order valence-corrected chi connectivity index (χ0v) is 18.9. The van der Waals surface area contributed by atoms with E-state index in [2.05, 4.69) is 24.4 Å². The maximum Gasteiger partial charge on any atom is 0.573 e. The number of aromatic hydroxyl groups is 1. The molecule has 0 saturated heterocycles. The Labute approximate surface area is 201 Å². The van der Waals surface area contributed by atoms with Crippen molar-refractivity contribution in [2.24, 2.45) is 0 Å². The zero-order valence-electron chi connectivity index (χ0n) is 18.9. The van der Waals surface area contributed by atoms with Crippen LogP contribution in [0.5, 0.6) is 17.2 Å². The molecule has 0 aliphatic carbocycles. The first-order valence-corrected chi connectivity index (χ1v) is 10.5. The van der Waals surface area contributed by atoms with Gasteiger partial charge in [-0.05, 0) is 60.9 Å². The third-order valence-corrected chi connectivity index (χ3v) is 5.30. The number of pyridine rings is 1. The highest BCUT2D eigenvalue weighted by Gasteiger charge is 2.31. The van der Waals surface area contributed by atoms with Gasteiger partial charge in [0.15, 0.2) is 17.4 Å². The first-order valence-electron chi connectivity index (χ1n) is 10.5. The van der Waals surface area contributed by atoms with Crippen molar-refractivity contribution in [3.05, 3.63) is 87.0 Å². The fourth-order valence-electron chi connectivity index (χ4n) is 3.63. The molecule has 0 amide bonds. The number of alkyl halides is 3. The van der Waals surface area contributed by atoms with Gasteiger partial charge in [-0.2, -0.15) is 0 Å². The van der Waals surface area contributed by atoms with E-state index in [0.29, 0.717) is 22.4 Å². The molecular weight excluding hydrogens is 486 g/mol. The highest BCUT2D eigenvalue weighted by atomic mass is 19.4. The summed E-state index contributed by atoms with van der Waals surface area (Å²) >= 11 is 0. The van der Waals surface area contributed by atoms with Crippen molar-refractivity contribution < 1.29 is 36.7 Å². The average molecular weight is 505 g/mol. The minimum absolute atomic E-state index is 0.0431. The van der Waals surface area contributed by atoms with Crippen molar-refractivity contribution in [1.29, 1.82) is 0 Å². The van der Waals surface area contributed by atoms with Crippen molar-refractivity contribution >= 4 is 0 Å². The van der Waals surface area contributed by atoms with E-state index in [0.717, 1.165) is 12.1 Å². The predicted molar refractivity (Wildman–Crippen MR) is 118 cm³/mol. The van der Waals surface area contributed by atoms with Crippen molar-refractivity contribution in [3.63, 3.8) is 0 Å². The number of nitrogens with one attached hydrogen (secondary N) is 1. The second-order valence-corrected chi connectivity index (χ2v) is 7.86. The predicted octanol–water partition coefficient (Wildman–Crippen LogP) is 4.95. The van der Waals surface area contributed by atoms with E-state index >= 15 is 4.39 Å². The van der Waals surface area contributed by atoms with Crippen LogP contribution in [0.1, 0.15) is 28.2 Å². The molecule has 4 rings (SSSR count). The monoisotopic (exact) mass is 505 g/mol. The van der Waals surface area contributed by atoms with E-state index in [-0.39, 0.29) is 41.6 Å². The minimum Gasteiger partial charge on any atom is -0.506 e. The molecular formula is C24H19F4N3O5. The van der Waals surface area contributed by atoms with Crippen molar-refractivity contribution in [1.82, 2.24) is 15.1 Å². The third-order valence-electron chi connectivity index (χ3n) is 5.30. The third kappa shape index (κ3) is 5.65. The molecule has 8 nitrogen and oxygen atoms in total. The average Bonchev–Trinajstić information content (AvgIpc) is 3.23. The second kappa shape index (κ2) is 9.72. The van der Waals surface area contributed by atoms with Crippen LogP contribution in [0.25, 0.3) is 11.3 Å². The lowest BCUT2D eigenvalue weighted by molar-refractivity contribution is -0.274. The molecule has 0 saturated carbocycles. The van der Waals surface area contributed by atoms with Gasteiger partial charge in [-0.25, -0.2) is 14.2 Å². The van der Waals surface area contributed by atoms with E-state index in [4.69, 9.17) is 4.74 Å². The Morgan fingerprint density at radius 1 is 1.14 bits per heavy atom. The lowest BCUT2D eigenvalue weighted by Gasteiger charge is -2.15. The van der Waals surface area contributed by atoms with Crippen LogP contribution < -0.4 is 15.2 Å². The lowest BCUT2D eigenvalue weighted by Crippen LogP contribution is -2.17. The molecule has 4 aromatic rings. The Bertz CT molecular complexity index is 1460. The van der Waals surface area contributed by atoms with Gasteiger partial charge in [-0.3, -0.25) is 9.51 Å². The SMILES string of the molecule is Cc1cc(OCc2noc(=O)[nH]2)c(F)c(C)c1Cc1ccc(O)c(-c2cccc(OC(F)(F)F)c2)n1. The van der Waals surface area contributed by atoms with E-state index in [1.165, 1.54) is 30.3 Å². The Morgan fingerprint density at radius 3 is 2.61 bits per heavy atom. The highest BCUT2D eigenvalue weighted by Crippen LogP contribution is 2.33. The van der Waals surface area contributed by atoms with Gasteiger partial charge in [0.25, 0.3) is 0 Å². The van der Waals surface area contributed by atoms with Crippen LogP contribution in [-0.2, 0) is 13.0 Å². The lowest BCUT2D eigenvalue weighted by atomic mass is 9.97. The van der Waals surface area contributed by atoms with E-state index in [1.807, 2.05) is 0 Å². The smallest absolute Gasteiger partial charge is 0.506 e. The van der Waals surface area contributed by atoms with Gasteiger partial charge in [0, 0.05) is 17.7 Å². The molecule has 36 heavy (non-hydrogen) atoms. The van der Waals surface area contributed by atoms with Gasteiger partial charge < -0.3 is 14.6 Å². The first-order chi connectivity index (χ1) is 17.0. The molecule has 2 N–H and O–H groups in total. The topological polar surface area (TPSA) is 110 Å². The number of aromatic amines is 1. The van der Waals surface area contributed by atoms with Crippen LogP contribution in [0.2, 0.25) is 0 Å². The number of aryl methyl sites for hydroxylation is 1. The molecule has 0 bridgehead atoms. The van der Waals surface area contributed by atoms with Crippen LogP contribution in [0.3, 0.4) is 0 Å². The van der Waals surface area contributed by atoms with E-state index < -0.39 is 23.7 Å². The molecule has 0 aliphatic heterocycles. The summed E-state index contributed by atoms with van der Waals surface area (Å²) in [4.78, 5) is 17.7. The van der Waals surface area contributed by atoms with E-state index in [9.17, 15) is 23.1 Å². The van der Waals surface area contributed by atoms with E-state index in [1.54, 1.807) is 13.8 Å². The van der Waals surface area contributed by atoms with Gasteiger partial charge >= 0.3 is 12.1 Å². The largest absolute Gasteiger partial charge is 0.573 e. The van der Waals surface area contributed by atoms with Gasteiger partial charge in [-0.1, -0.05) is 17.3 Å². The van der Waals surface area contributed by atoms with Crippen molar-refractivity contribution in [2.45, 2.75) is 33.2 Å². The zero-order chi connectivity index (χ0) is 26.0. The number of hydrogen-bond acceptors (Lipinski definition) is 7. The minimum atomic E-state index is -4.86. The highest BCUT2D eigenvalue weighted by molar-refractivity contribution is 5.67. The molecule has 0 aliphatic rings. The number of aromatic nitrogens is 3. The van der Waals surface area contributed by atoms with Gasteiger partial charge in [-0.15, -0.1) is 13.2 Å². The molecule has 2 aromatic heterocycles. The molecule has 0 unspecified atom stereocenters. The Morgan fingerprint density at radius 2 is 1.92 bits per heavy atom. The van der Waals surface area contributed by atoms with Crippen LogP contribution in [-0.4, -0.2) is 26.6 Å². The first kappa shape index (κ1) is 24.8. The summed E-state index contributed by atoms with van der Waals surface area (Å²) in [6.45, 7) is 3.12. The number of rotatable bonds is 7. The molecule has 0 spiro atoms. The summed E-state index contributed by atoms with van der Waals surface area (Å²) in [6, 6.07) is 9.49. The number of ether oxygens (including phenoxy) is 2. The summed E-state index contributed by atoms with van der Waals surface area (Å²) in [7, 11) is 0. The van der Waals surface area contributed by atoms with Gasteiger partial charge in [0.2, 0.25) is 0 Å². The quantitative estimate of drug-likeness (QED) is 0.342. The standard InChI is InChI=1S/C24H19F4N3O5/c1-12-8-19(34-11-20-30-23(33)36-31-20)21(25)13(2)17(12)10-15-6-7-18(32)22(29-15)14-4-3-5-16(9-14)35-24(26,27)28/h3-9,32H,10-11H2,1-2H3,(H,30,31,33). The fourth-order valence-corrected chi connectivity index (χ4v) is 3.63. The fraction of sp³-hybridized carbons (Fsp3) is 0.208. The maximum atomic E-state index is 15.0. The summed E-state index contributed by atoms with van der Waals surface area (Å²) in [5.74, 6) is -2.00. The van der Waals surface area contributed by atoms with Crippen LogP contribution in [0.15, 0.2) is 51.8 Å². The van der Waals surface area contributed by atoms with Crippen molar-refractivity contribution in [3.8, 4) is 28.5 Å². The molecule has 2 aromatic carbocycles. The summed E-state index contributed by atoms with van der Waals surface area (Å²) in [5, 5.41) is 13.7. The molecule has 2 heterocycles. The van der Waals surface area contributed by atoms with Gasteiger partial charge in [0.05, 0.1) is 0 Å². The maximum absolute atomic E-state index is 15.0. The molecule has 188 valence electrons. The number of benzene rings is 2. The Hall–Kier alpha value is -4.35. The second-order valence-electron chi connectivity index (χ2n) is 7.86. The number of hydrogen-bond donors (Lipinski definition) is 2. The number of nitrogens with zero attached hydrogens (tertiary/aromatic N) is 2. The molecule has 0 atom stereocenters. The molecule has 0 fully saturated rings. The normalized spacial score (nSPS) is 11.5. The molecule has 0 radical (unpaired) electrons. The summed E-state index contributed by atoms with van der Waals surface area (Å²) in [5.41, 5.74) is 2.32. The Kier molecular flexibility index (Phi) is 6.69. The van der Waals surface area contributed by atoms with Crippen LogP contribution in [0, 0.1) is 19.7 Å². The van der Waals surface area contributed by atoms with Crippen LogP contribution in [0.4, 0.5) is 17.6 Å². The van der Waals surface area contributed by atoms with Crippen molar-refractivity contribution in [2.75, 3.05) is 0 Å². The van der Waals surface area contributed by atoms with Gasteiger partial charge in [0.1, 0.15) is 23.8 Å². The molecule has 12 heteroatoms. The number of H-pyrrole nitrogens is 1.